The Hall–Kier alpha value is -4.66. The van der Waals surface area contributed by atoms with Crippen molar-refractivity contribution >= 4 is 22.3 Å². The van der Waals surface area contributed by atoms with Gasteiger partial charge in [-0.05, 0) is 29.3 Å². The van der Waals surface area contributed by atoms with E-state index < -0.39 is 4.92 Å². The van der Waals surface area contributed by atoms with Gasteiger partial charge in [0, 0.05) is 35.0 Å². The lowest BCUT2D eigenvalue weighted by molar-refractivity contribution is -0.384. The smallest absolute Gasteiger partial charge is 0.270 e. The maximum Gasteiger partial charge on any atom is 0.270 e. The van der Waals surface area contributed by atoms with E-state index in [4.69, 9.17) is 9.47 Å². The summed E-state index contributed by atoms with van der Waals surface area (Å²) < 4.78 is 10.7. The maximum absolute atomic E-state index is 13.3. The minimum atomic E-state index is -0.444. The number of aromatic nitrogens is 1. The lowest BCUT2D eigenvalue weighted by Gasteiger charge is -2.15. The molecule has 0 amide bonds. The van der Waals surface area contributed by atoms with Gasteiger partial charge in [-0.2, -0.15) is 5.10 Å². The van der Waals surface area contributed by atoms with Crippen LogP contribution in [0.2, 0.25) is 0 Å². The summed E-state index contributed by atoms with van der Waals surface area (Å²) in [5.41, 5.74) is 6.55. The van der Waals surface area contributed by atoms with E-state index in [2.05, 4.69) is 15.5 Å². The first-order valence-electron chi connectivity index (χ1n) is 10.9. The van der Waals surface area contributed by atoms with Crippen molar-refractivity contribution in [3.8, 4) is 22.6 Å². The van der Waals surface area contributed by atoms with Gasteiger partial charge in [0.2, 0.25) is 0 Å². The van der Waals surface area contributed by atoms with Crippen molar-refractivity contribution in [3.05, 3.63) is 98.3 Å². The van der Waals surface area contributed by atoms with Crippen LogP contribution in [0.1, 0.15) is 23.6 Å². The number of H-pyrrole nitrogens is 1. The molecule has 1 aromatic heterocycles. The van der Waals surface area contributed by atoms with E-state index in [0.29, 0.717) is 45.7 Å². The number of aromatic amines is 1. The summed E-state index contributed by atoms with van der Waals surface area (Å²) in [5.74, 6) is 1.22. The number of nitrogens with one attached hydrogen (secondary N) is 2. The highest BCUT2D eigenvalue weighted by molar-refractivity contribution is 6.12. The van der Waals surface area contributed by atoms with E-state index in [1.54, 1.807) is 20.3 Å². The summed E-state index contributed by atoms with van der Waals surface area (Å²) in [4.78, 5) is 27.2. The molecular weight excluding hydrogens is 448 g/mol. The molecular formula is C26H22N4O5. The molecule has 0 radical (unpaired) electrons. The Morgan fingerprint density at radius 3 is 2.46 bits per heavy atom. The molecule has 2 N–H and O–H groups in total. The first-order chi connectivity index (χ1) is 17.0. The van der Waals surface area contributed by atoms with Gasteiger partial charge >= 0.3 is 0 Å². The van der Waals surface area contributed by atoms with Gasteiger partial charge in [0.15, 0.2) is 11.5 Å². The van der Waals surface area contributed by atoms with Crippen molar-refractivity contribution in [1.82, 2.24) is 10.4 Å². The summed E-state index contributed by atoms with van der Waals surface area (Å²) >= 11 is 0. The Balaban J connectivity index is 1.64. The van der Waals surface area contributed by atoms with Gasteiger partial charge in [0.05, 0.1) is 36.5 Å². The van der Waals surface area contributed by atoms with Gasteiger partial charge in [0.25, 0.3) is 11.2 Å². The molecule has 9 nitrogen and oxygen atoms in total. The van der Waals surface area contributed by atoms with Crippen LogP contribution in [0, 0.1) is 10.1 Å². The topological polar surface area (TPSA) is 119 Å². The first-order valence-corrected chi connectivity index (χ1v) is 10.9. The van der Waals surface area contributed by atoms with E-state index in [1.807, 2.05) is 48.5 Å². The Morgan fingerprint density at radius 1 is 0.971 bits per heavy atom. The van der Waals surface area contributed by atoms with Crippen molar-refractivity contribution in [2.24, 2.45) is 5.10 Å². The molecule has 0 saturated heterocycles. The average molecular weight is 470 g/mol. The van der Waals surface area contributed by atoms with Crippen LogP contribution in [0.15, 0.2) is 76.6 Å². The number of pyridine rings is 1. The van der Waals surface area contributed by atoms with Gasteiger partial charge in [-0.3, -0.25) is 14.9 Å². The second kappa shape index (κ2) is 8.94. The highest BCUT2D eigenvalue weighted by Gasteiger charge is 2.28. The third kappa shape index (κ3) is 3.97. The number of methoxy groups -OCH3 is 2. The number of hydrazone groups is 1. The number of nitro groups is 1. The van der Waals surface area contributed by atoms with E-state index in [-0.39, 0.29) is 17.3 Å². The van der Waals surface area contributed by atoms with Crippen molar-refractivity contribution in [3.63, 3.8) is 0 Å². The quantitative estimate of drug-likeness (QED) is 0.315. The molecule has 0 aliphatic carbocycles. The normalized spacial score (nSPS) is 14.9. The van der Waals surface area contributed by atoms with Crippen LogP contribution < -0.4 is 20.5 Å². The van der Waals surface area contributed by atoms with Gasteiger partial charge in [0.1, 0.15) is 0 Å². The number of non-ortho nitro benzene ring substituents is 1. The molecule has 1 aliphatic rings. The molecule has 1 aliphatic heterocycles. The van der Waals surface area contributed by atoms with Crippen LogP contribution in [0.4, 0.5) is 5.69 Å². The summed E-state index contributed by atoms with van der Waals surface area (Å²) in [6.07, 6.45) is 0.443. The molecule has 35 heavy (non-hydrogen) atoms. The zero-order valence-corrected chi connectivity index (χ0v) is 19.1. The molecule has 3 aromatic carbocycles. The van der Waals surface area contributed by atoms with Crippen LogP contribution in [0.25, 0.3) is 22.0 Å². The highest BCUT2D eigenvalue weighted by atomic mass is 16.6. The molecule has 0 saturated carbocycles. The summed E-state index contributed by atoms with van der Waals surface area (Å²) in [7, 11) is 3.15. The minimum Gasteiger partial charge on any atom is -0.493 e. The van der Waals surface area contributed by atoms with E-state index in [9.17, 15) is 14.9 Å². The van der Waals surface area contributed by atoms with Gasteiger partial charge in [-0.1, -0.05) is 36.4 Å². The highest BCUT2D eigenvalue weighted by Crippen LogP contribution is 2.36. The second-order valence-electron chi connectivity index (χ2n) is 8.12. The van der Waals surface area contributed by atoms with Gasteiger partial charge in [-0.25, -0.2) is 0 Å². The zero-order chi connectivity index (χ0) is 24.5. The predicted octanol–water partition coefficient (Wildman–Crippen LogP) is 4.56. The number of hydrogen-bond acceptors (Lipinski definition) is 7. The number of fused-ring (bicyclic) bond motifs is 1. The summed E-state index contributed by atoms with van der Waals surface area (Å²) in [5, 5.41) is 16.6. The lowest BCUT2D eigenvalue weighted by atomic mass is 9.91. The average Bonchev–Trinajstić information content (AvgIpc) is 3.37. The minimum absolute atomic E-state index is 0.0534. The molecule has 0 fully saturated rings. The van der Waals surface area contributed by atoms with E-state index in [0.717, 1.165) is 11.1 Å². The summed E-state index contributed by atoms with van der Waals surface area (Å²) in [6, 6.07) is 19.2. The number of nitrogens with zero attached hydrogens (tertiary/aromatic N) is 2. The first kappa shape index (κ1) is 22.1. The molecule has 176 valence electrons. The fourth-order valence-electron chi connectivity index (χ4n) is 4.44. The SMILES string of the molecule is COc1ccc(C2CC(c3c(-c4ccccc4)c4cc([N+](=O)[O-])ccc4[nH]c3=O)=NN2)cc1OC. The third-order valence-electron chi connectivity index (χ3n) is 6.12. The molecule has 2 heterocycles. The third-order valence-corrected chi connectivity index (χ3v) is 6.12. The summed E-state index contributed by atoms with van der Waals surface area (Å²) in [6.45, 7) is 0. The Kier molecular flexibility index (Phi) is 5.66. The van der Waals surface area contributed by atoms with Crippen molar-refractivity contribution < 1.29 is 14.4 Å². The van der Waals surface area contributed by atoms with E-state index in [1.165, 1.54) is 12.1 Å². The number of ether oxygens (including phenoxy) is 2. The molecule has 5 rings (SSSR count). The largest absolute Gasteiger partial charge is 0.493 e. The van der Waals surface area contributed by atoms with E-state index >= 15 is 0 Å². The van der Waals surface area contributed by atoms with Crippen LogP contribution in [-0.2, 0) is 0 Å². The fraction of sp³-hybridized carbons (Fsp3) is 0.154. The molecule has 0 bridgehead atoms. The Labute approximate surface area is 200 Å². The van der Waals surface area contributed by atoms with Crippen LogP contribution in [-0.4, -0.2) is 29.8 Å². The van der Waals surface area contributed by atoms with Crippen LogP contribution >= 0.6 is 0 Å². The second-order valence-corrected chi connectivity index (χ2v) is 8.12. The van der Waals surface area contributed by atoms with Crippen molar-refractivity contribution in [1.29, 1.82) is 0 Å². The lowest BCUT2D eigenvalue weighted by Crippen LogP contribution is -2.20. The number of rotatable bonds is 6. The standard InChI is InChI=1S/C26H22N4O5/c1-34-22-11-8-16(12-23(22)35-2)20-14-21(29-28-20)25-24(15-6-4-3-5-7-15)18-13-17(30(32)33)9-10-19(18)27-26(25)31/h3-13,20,28H,14H2,1-2H3,(H,27,31). The Morgan fingerprint density at radius 2 is 1.74 bits per heavy atom. The van der Waals surface area contributed by atoms with Crippen molar-refractivity contribution in [2.75, 3.05) is 14.2 Å². The molecule has 0 spiro atoms. The predicted molar refractivity (Wildman–Crippen MR) is 133 cm³/mol. The van der Waals surface area contributed by atoms with Crippen molar-refractivity contribution in [2.45, 2.75) is 12.5 Å². The number of nitro benzene ring substituents is 1. The van der Waals surface area contributed by atoms with Crippen LogP contribution in [0.3, 0.4) is 0 Å². The molecule has 1 atom stereocenters. The molecule has 4 aromatic rings. The Bertz CT molecular complexity index is 1530. The number of benzene rings is 3. The molecule has 9 heteroatoms. The maximum atomic E-state index is 13.3. The monoisotopic (exact) mass is 470 g/mol. The van der Waals surface area contributed by atoms with Gasteiger partial charge in [-0.15, -0.1) is 0 Å². The molecule has 1 unspecified atom stereocenters. The van der Waals surface area contributed by atoms with Crippen LogP contribution in [0.5, 0.6) is 11.5 Å². The zero-order valence-electron chi connectivity index (χ0n) is 19.1. The number of hydrogen-bond donors (Lipinski definition) is 2. The van der Waals surface area contributed by atoms with Gasteiger partial charge < -0.3 is 19.9 Å². The fourth-order valence-corrected chi connectivity index (χ4v) is 4.44.